The highest BCUT2D eigenvalue weighted by Crippen LogP contribution is 2.39. The topological polar surface area (TPSA) is 33.7 Å². The van der Waals surface area contributed by atoms with Crippen LogP contribution >= 0.6 is 0 Å². The van der Waals surface area contributed by atoms with Crippen LogP contribution in [0.15, 0.2) is 18.2 Å². The van der Waals surface area contributed by atoms with E-state index in [4.69, 9.17) is 9.47 Å². The highest BCUT2D eigenvalue weighted by Gasteiger charge is 2.32. The molecule has 20 heavy (non-hydrogen) atoms. The molecule has 1 saturated heterocycles. The van der Waals surface area contributed by atoms with Gasteiger partial charge in [0.1, 0.15) is 0 Å². The third-order valence-corrected chi connectivity index (χ3v) is 4.18. The summed E-state index contributed by atoms with van der Waals surface area (Å²) >= 11 is 0. The molecule has 0 amide bonds. The van der Waals surface area contributed by atoms with Crippen molar-refractivity contribution in [3.05, 3.63) is 23.8 Å². The molecule has 1 N–H and O–H groups in total. The summed E-state index contributed by atoms with van der Waals surface area (Å²) in [5, 5.41) is 3.48. The van der Waals surface area contributed by atoms with E-state index in [1.165, 1.54) is 12.0 Å². The zero-order valence-corrected chi connectivity index (χ0v) is 13.0. The van der Waals surface area contributed by atoms with Gasteiger partial charge in [0, 0.05) is 6.04 Å². The van der Waals surface area contributed by atoms with Crippen LogP contribution in [0.4, 0.5) is 0 Å². The van der Waals surface area contributed by atoms with Crippen molar-refractivity contribution >= 4 is 0 Å². The van der Waals surface area contributed by atoms with Crippen LogP contribution in [0.25, 0.3) is 0 Å². The molecule has 2 atom stereocenters. The Bertz CT molecular complexity index is 436. The Kier molecular flexibility index (Phi) is 5.26. The van der Waals surface area contributed by atoms with E-state index in [2.05, 4.69) is 36.3 Å². The lowest BCUT2D eigenvalue weighted by atomic mass is 9.93. The summed E-state index contributed by atoms with van der Waals surface area (Å²) in [7, 11) is 5.57. The maximum atomic E-state index is 5.43. The van der Waals surface area contributed by atoms with E-state index in [9.17, 15) is 0 Å². The molecule has 0 aliphatic carbocycles. The molecule has 2 rings (SSSR count). The Labute approximate surface area is 122 Å². The molecule has 1 aromatic carbocycles. The number of ether oxygens (including phenoxy) is 2. The van der Waals surface area contributed by atoms with Gasteiger partial charge in [-0.25, -0.2) is 0 Å². The molecule has 1 aromatic rings. The van der Waals surface area contributed by atoms with Crippen molar-refractivity contribution in [2.24, 2.45) is 5.92 Å². The van der Waals surface area contributed by atoms with Crippen LogP contribution < -0.4 is 14.8 Å². The van der Waals surface area contributed by atoms with Crippen molar-refractivity contribution in [3.63, 3.8) is 0 Å². The van der Waals surface area contributed by atoms with Crippen LogP contribution in [-0.2, 0) is 0 Å². The Morgan fingerprint density at radius 1 is 1.25 bits per heavy atom. The lowest BCUT2D eigenvalue weighted by molar-refractivity contribution is 0.271. The Morgan fingerprint density at radius 3 is 2.65 bits per heavy atom. The molecule has 112 valence electrons. The van der Waals surface area contributed by atoms with Crippen LogP contribution in [0.3, 0.4) is 0 Å². The van der Waals surface area contributed by atoms with Crippen LogP contribution in [-0.4, -0.2) is 45.8 Å². The SMILES string of the molecule is CCNCC1CCN(C)C1c1ccc(OC)c(OC)c1. The number of hydrogen-bond acceptors (Lipinski definition) is 4. The lowest BCUT2D eigenvalue weighted by Gasteiger charge is -2.26. The van der Waals surface area contributed by atoms with Gasteiger partial charge in [0.2, 0.25) is 0 Å². The van der Waals surface area contributed by atoms with Crippen molar-refractivity contribution in [2.75, 3.05) is 40.9 Å². The Morgan fingerprint density at radius 2 is 2.00 bits per heavy atom. The van der Waals surface area contributed by atoms with E-state index >= 15 is 0 Å². The van der Waals surface area contributed by atoms with E-state index < -0.39 is 0 Å². The van der Waals surface area contributed by atoms with Gasteiger partial charge >= 0.3 is 0 Å². The normalized spacial score (nSPS) is 23.0. The van der Waals surface area contributed by atoms with Gasteiger partial charge in [-0.2, -0.15) is 0 Å². The fraction of sp³-hybridized carbons (Fsp3) is 0.625. The van der Waals surface area contributed by atoms with Crippen molar-refractivity contribution in [1.82, 2.24) is 10.2 Å². The fourth-order valence-electron chi connectivity index (χ4n) is 3.13. The van der Waals surface area contributed by atoms with Gasteiger partial charge < -0.3 is 14.8 Å². The minimum atomic E-state index is 0.453. The van der Waals surface area contributed by atoms with Crippen molar-refractivity contribution in [3.8, 4) is 11.5 Å². The molecule has 1 heterocycles. The van der Waals surface area contributed by atoms with Crippen molar-refractivity contribution in [1.29, 1.82) is 0 Å². The number of methoxy groups -OCH3 is 2. The van der Waals surface area contributed by atoms with Crippen LogP contribution in [0.5, 0.6) is 11.5 Å². The molecule has 1 aliphatic rings. The van der Waals surface area contributed by atoms with Crippen LogP contribution in [0, 0.1) is 5.92 Å². The second-order valence-corrected chi connectivity index (χ2v) is 5.40. The summed E-state index contributed by atoms with van der Waals surface area (Å²) in [5.41, 5.74) is 1.31. The summed E-state index contributed by atoms with van der Waals surface area (Å²) in [6, 6.07) is 6.73. The fourth-order valence-corrected chi connectivity index (χ4v) is 3.13. The first-order chi connectivity index (χ1) is 9.71. The molecule has 4 heteroatoms. The van der Waals surface area contributed by atoms with E-state index in [0.29, 0.717) is 12.0 Å². The molecular formula is C16H26N2O2. The van der Waals surface area contributed by atoms with Gasteiger partial charge in [-0.15, -0.1) is 0 Å². The third-order valence-electron chi connectivity index (χ3n) is 4.18. The van der Waals surface area contributed by atoms with Crippen LogP contribution in [0.1, 0.15) is 24.9 Å². The first-order valence-electron chi connectivity index (χ1n) is 7.34. The van der Waals surface area contributed by atoms with E-state index in [1.807, 2.05) is 6.07 Å². The maximum absolute atomic E-state index is 5.43. The molecule has 0 bridgehead atoms. The number of benzene rings is 1. The summed E-state index contributed by atoms with van der Waals surface area (Å²) < 4.78 is 10.8. The van der Waals surface area contributed by atoms with Gasteiger partial charge in [0.25, 0.3) is 0 Å². The van der Waals surface area contributed by atoms with Crippen molar-refractivity contribution < 1.29 is 9.47 Å². The Hall–Kier alpha value is -1.26. The monoisotopic (exact) mass is 278 g/mol. The first-order valence-corrected chi connectivity index (χ1v) is 7.34. The summed E-state index contributed by atoms with van der Waals surface area (Å²) in [6.45, 7) is 5.40. The molecular weight excluding hydrogens is 252 g/mol. The molecule has 1 fully saturated rings. The highest BCUT2D eigenvalue weighted by molar-refractivity contribution is 5.44. The zero-order chi connectivity index (χ0) is 14.5. The smallest absolute Gasteiger partial charge is 0.161 e. The van der Waals surface area contributed by atoms with Gasteiger partial charge in [-0.3, -0.25) is 4.90 Å². The van der Waals surface area contributed by atoms with Gasteiger partial charge in [0.05, 0.1) is 14.2 Å². The molecule has 2 unspecified atom stereocenters. The van der Waals surface area contributed by atoms with Crippen LogP contribution in [0.2, 0.25) is 0 Å². The van der Waals surface area contributed by atoms with E-state index in [-0.39, 0.29) is 0 Å². The van der Waals surface area contributed by atoms with Gasteiger partial charge in [-0.05, 0) is 56.7 Å². The maximum Gasteiger partial charge on any atom is 0.161 e. The van der Waals surface area contributed by atoms with Gasteiger partial charge in [-0.1, -0.05) is 13.0 Å². The standard InChI is InChI=1S/C16H26N2O2/c1-5-17-11-13-8-9-18(2)16(13)12-6-7-14(19-3)15(10-12)20-4/h6-7,10,13,16-17H,5,8-9,11H2,1-4H3. The minimum Gasteiger partial charge on any atom is -0.493 e. The zero-order valence-electron chi connectivity index (χ0n) is 13.0. The molecule has 4 nitrogen and oxygen atoms in total. The molecule has 0 aromatic heterocycles. The molecule has 1 aliphatic heterocycles. The molecule has 0 spiro atoms. The lowest BCUT2D eigenvalue weighted by Crippen LogP contribution is -2.28. The second-order valence-electron chi connectivity index (χ2n) is 5.40. The second kappa shape index (κ2) is 6.95. The highest BCUT2D eigenvalue weighted by atomic mass is 16.5. The molecule has 0 radical (unpaired) electrons. The number of nitrogens with one attached hydrogen (secondary N) is 1. The first kappa shape index (κ1) is 15.1. The summed E-state index contributed by atoms with van der Waals surface area (Å²) in [4.78, 5) is 2.43. The predicted molar refractivity (Wildman–Crippen MR) is 81.6 cm³/mol. The number of hydrogen-bond donors (Lipinski definition) is 1. The van der Waals surface area contributed by atoms with Crippen molar-refractivity contribution in [2.45, 2.75) is 19.4 Å². The number of likely N-dealkylation sites (tertiary alicyclic amines) is 1. The average Bonchev–Trinajstić information content (AvgIpc) is 2.85. The largest absolute Gasteiger partial charge is 0.493 e. The molecule has 0 saturated carbocycles. The quantitative estimate of drug-likeness (QED) is 0.866. The van der Waals surface area contributed by atoms with Gasteiger partial charge in [0.15, 0.2) is 11.5 Å². The van der Waals surface area contributed by atoms with E-state index in [1.54, 1.807) is 14.2 Å². The van der Waals surface area contributed by atoms with E-state index in [0.717, 1.165) is 31.1 Å². The minimum absolute atomic E-state index is 0.453. The average molecular weight is 278 g/mol. The number of rotatable bonds is 6. The number of nitrogens with zero attached hydrogens (tertiary/aromatic N) is 1. The summed E-state index contributed by atoms with van der Waals surface area (Å²) in [5.74, 6) is 2.26. The predicted octanol–water partition coefficient (Wildman–Crippen LogP) is 2.31. The summed E-state index contributed by atoms with van der Waals surface area (Å²) in [6.07, 6.45) is 1.24. The Balaban J connectivity index is 2.23. The third kappa shape index (κ3) is 3.07.